The van der Waals surface area contributed by atoms with E-state index in [1.54, 1.807) is 13.2 Å². The third-order valence-corrected chi connectivity index (χ3v) is 2.05. The lowest BCUT2D eigenvalue weighted by Gasteiger charge is -2.04. The Hall–Kier alpha value is -1.13. The van der Waals surface area contributed by atoms with Crippen molar-refractivity contribution in [3.05, 3.63) is 24.0 Å². The second-order valence-corrected chi connectivity index (χ2v) is 3.26. The molecule has 0 aliphatic heterocycles. The molecule has 0 atom stereocenters. The zero-order valence-corrected chi connectivity index (χ0v) is 9.02. The van der Waals surface area contributed by atoms with Crippen molar-refractivity contribution >= 4 is 6.29 Å². The summed E-state index contributed by atoms with van der Waals surface area (Å²) in [6.45, 7) is 2.87. The number of rotatable bonds is 8. The maximum absolute atomic E-state index is 10.4. The van der Waals surface area contributed by atoms with Crippen LogP contribution in [-0.4, -0.2) is 37.8 Å². The van der Waals surface area contributed by atoms with E-state index in [4.69, 9.17) is 9.47 Å². The van der Waals surface area contributed by atoms with Gasteiger partial charge < -0.3 is 14.0 Å². The van der Waals surface area contributed by atoms with Crippen LogP contribution >= 0.6 is 0 Å². The monoisotopic (exact) mass is 211 g/mol. The molecule has 0 fully saturated rings. The summed E-state index contributed by atoms with van der Waals surface area (Å²) in [7, 11) is 1.66. The topological polar surface area (TPSA) is 40.5 Å². The van der Waals surface area contributed by atoms with E-state index in [1.165, 1.54) is 0 Å². The van der Waals surface area contributed by atoms with Crippen LogP contribution in [0.15, 0.2) is 18.5 Å². The van der Waals surface area contributed by atoms with Gasteiger partial charge in [-0.3, -0.25) is 4.79 Å². The Morgan fingerprint density at radius 3 is 2.93 bits per heavy atom. The van der Waals surface area contributed by atoms with Gasteiger partial charge in [0, 0.05) is 38.2 Å². The first-order valence-electron chi connectivity index (χ1n) is 5.04. The van der Waals surface area contributed by atoms with Crippen LogP contribution in [0.4, 0.5) is 0 Å². The van der Waals surface area contributed by atoms with Crippen LogP contribution in [0, 0.1) is 0 Å². The maximum Gasteiger partial charge on any atom is 0.151 e. The average Bonchev–Trinajstić information content (AvgIpc) is 2.71. The molecule has 0 spiro atoms. The molecule has 0 aromatic carbocycles. The molecule has 1 heterocycles. The van der Waals surface area contributed by atoms with E-state index in [1.807, 2.05) is 17.0 Å². The quantitative estimate of drug-likeness (QED) is 0.481. The minimum atomic E-state index is 0.638. The smallest absolute Gasteiger partial charge is 0.151 e. The van der Waals surface area contributed by atoms with Gasteiger partial charge in [-0.25, -0.2) is 0 Å². The Morgan fingerprint density at radius 2 is 2.27 bits per heavy atom. The van der Waals surface area contributed by atoms with Gasteiger partial charge in [0.25, 0.3) is 0 Å². The molecule has 4 nitrogen and oxygen atoms in total. The molecule has 0 bridgehead atoms. The van der Waals surface area contributed by atoms with Crippen LogP contribution in [0.1, 0.15) is 16.8 Å². The van der Waals surface area contributed by atoms with Crippen molar-refractivity contribution in [1.29, 1.82) is 0 Å². The number of carbonyl (C=O) groups is 1. The van der Waals surface area contributed by atoms with Gasteiger partial charge in [-0.2, -0.15) is 0 Å². The molecule has 84 valence electrons. The fraction of sp³-hybridized carbons (Fsp3) is 0.545. The van der Waals surface area contributed by atoms with Crippen LogP contribution < -0.4 is 0 Å². The highest BCUT2D eigenvalue weighted by Crippen LogP contribution is 1.99. The Kier molecular flexibility index (Phi) is 5.73. The third-order valence-electron chi connectivity index (χ3n) is 2.05. The Balaban J connectivity index is 2.07. The second kappa shape index (κ2) is 7.20. The summed E-state index contributed by atoms with van der Waals surface area (Å²) < 4.78 is 12.2. The van der Waals surface area contributed by atoms with E-state index < -0.39 is 0 Å². The largest absolute Gasteiger partial charge is 0.382 e. The predicted octanol–water partition coefficient (Wildman–Crippen LogP) is 1.35. The second-order valence-electron chi connectivity index (χ2n) is 3.26. The van der Waals surface area contributed by atoms with E-state index in [-0.39, 0.29) is 0 Å². The van der Waals surface area contributed by atoms with Crippen molar-refractivity contribution in [2.24, 2.45) is 0 Å². The molecule has 0 saturated carbocycles. The van der Waals surface area contributed by atoms with Gasteiger partial charge in [0.15, 0.2) is 6.29 Å². The number of carbonyl (C=O) groups excluding carboxylic acids is 1. The standard InChI is InChI=1S/C11H17NO3/c1-14-7-8-15-6-2-4-12-5-3-11(9-12)10-13/h3,5,9-10H,2,4,6-8H2,1H3. The summed E-state index contributed by atoms with van der Waals surface area (Å²) in [6, 6.07) is 1.80. The highest BCUT2D eigenvalue weighted by Gasteiger charge is 1.95. The molecule has 1 aromatic heterocycles. The summed E-state index contributed by atoms with van der Waals surface area (Å²) in [6.07, 6.45) is 5.53. The van der Waals surface area contributed by atoms with Gasteiger partial charge in [0.2, 0.25) is 0 Å². The van der Waals surface area contributed by atoms with Crippen molar-refractivity contribution in [2.45, 2.75) is 13.0 Å². The molecule has 1 aromatic rings. The Morgan fingerprint density at radius 1 is 1.40 bits per heavy atom. The molecule has 0 N–H and O–H groups in total. The highest BCUT2D eigenvalue weighted by atomic mass is 16.5. The average molecular weight is 211 g/mol. The number of aldehydes is 1. The van der Waals surface area contributed by atoms with Crippen molar-refractivity contribution in [2.75, 3.05) is 26.9 Å². The molecule has 0 saturated heterocycles. The fourth-order valence-electron chi connectivity index (χ4n) is 1.26. The number of aryl methyl sites for hydroxylation is 1. The van der Waals surface area contributed by atoms with Crippen molar-refractivity contribution in [3.8, 4) is 0 Å². The van der Waals surface area contributed by atoms with Crippen LogP contribution in [0.2, 0.25) is 0 Å². The van der Waals surface area contributed by atoms with Crippen LogP contribution in [0.3, 0.4) is 0 Å². The molecule has 4 heteroatoms. The maximum atomic E-state index is 10.4. The number of ether oxygens (including phenoxy) is 2. The van der Waals surface area contributed by atoms with E-state index in [0.717, 1.165) is 31.4 Å². The molecule has 1 rings (SSSR count). The summed E-state index contributed by atoms with van der Waals surface area (Å²) in [5, 5.41) is 0. The van der Waals surface area contributed by atoms with Crippen LogP contribution in [0.5, 0.6) is 0 Å². The molecule has 0 aliphatic rings. The number of nitrogens with zero attached hydrogens (tertiary/aromatic N) is 1. The number of hydrogen-bond donors (Lipinski definition) is 0. The van der Waals surface area contributed by atoms with Crippen molar-refractivity contribution in [1.82, 2.24) is 4.57 Å². The molecular formula is C11H17NO3. The first-order chi connectivity index (χ1) is 7.36. The van der Waals surface area contributed by atoms with Gasteiger partial charge >= 0.3 is 0 Å². The summed E-state index contributed by atoms with van der Waals surface area (Å²) in [4.78, 5) is 10.4. The lowest BCUT2D eigenvalue weighted by Crippen LogP contribution is -2.05. The van der Waals surface area contributed by atoms with Crippen molar-refractivity contribution < 1.29 is 14.3 Å². The summed E-state index contributed by atoms with van der Waals surface area (Å²) in [5.41, 5.74) is 0.718. The Labute approximate surface area is 89.8 Å². The van der Waals surface area contributed by atoms with E-state index in [9.17, 15) is 4.79 Å². The first kappa shape index (κ1) is 11.9. The van der Waals surface area contributed by atoms with Crippen LogP contribution in [-0.2, 0) is 16.0 Å². The van der Waals surface area contributed by atoms with Crippen LogP contribution in [0.25, 0.3) is 0 Å². The summed E-state index contributed by atoms with van der Waals surface area (Å²) in [5.74, 6) is 0. The van der Waals surface area contributed by atoms with Crippen molar-refractivity contribution in [3.63, 3.8) is 0 Å². The lowest BCUT2D eigenvalue weighted by molar-refractivity contribution is 0.0680. The van der Waals surface area contributed by atoms with Gasteiger partial charge in [-0.1, -0.05) is 0 Å². The summed E-state index contributed by atoms with van der Waals surface area (Å²) >= 11 is 0. The van der Waals surface area contributed by atoms with Gasteiger partial charge in [-0.15, -0.1) is 0 Å². The minimum absolute atomic E-state index is 0.638. The molecular weight excluding hydrogens is 194 g/mol. The van der Waals surface area contributed by atoms with Gasteiger partial charge in [0.05, 0.1) is 13.2 Å². The zero-order valence-electron chi connectivity index (χ0n) is 9.02. The zero-order chi connectivity index (χ0) is 10.9. The normalized spacial score (nSPS) is 10.5. The lowest BCUT2D eigenvalue weighted by atomic mass is 10.4. The number of hydrogen-bond acceptors (Lipinski definition) is 3. The van der Waals surface area contributed by atoms with E-state index in [2.05, 4.69) is 0 Å². The van der Waals surface area contributed by atoms with E-state index in [0.29, 0.717) is 13.2 Å². The molecule has 0 radical (unpaired) electrons. The Bertz CT molecular complexity index is 283. The number of aromatic nitrogens is 1. The molecule has 0 unspecified atom stereocenters. The molecule has 0 amide bonds. The molecule has 0 aliphatic carbocycles. The molecule has 15 heavy (non-hydrogen) atoms. The predicted molar refractivity (Wildman–Crippen MR) is 57.1 cm³/mol. The third kappa shape index (κ3) is 4.76. The minimum Gasteiger partial charge on any atom is -0.382 e. The fourth-order valence-corrected chi connectivity index (χ4v) is 1.26. The van der Waals surface area contributed by atoms with Gasteiger partial charge in [-0.05, 0) is 12.5 Å². The van der Waals surface area contributed by atoms with E-state index >= 15 is 0 Å². The van der Waals surface area contributed by atoms with Gasteiger partial charge in [0.1, 0.15) is 0 Å². The first-order valence-corrected chi connectivity index (χ1v) is 5.04. The SMILES string of the molecule is COCCOCCCn1ccc(C=O)c1. The number of methoxy groups -OCH3 is 1. The highest BCUT2D eigenvalue weighted by molar-refractivity contribution is 5.74.